The van der Waals surface area contributed by atoms with Gasteiger partial charge in [-0.1, -0.05) is 6.07 Å². The van der Waals surface area contributed by atoms with Crippen LogP contribution in [0.5, 0.6) is 0 Å². The van der Waals surface area contributed by atoms with Crippen LogP contribution in [0.1, 0.15) is 17.3 Å². The number of carboxylic acids is 1. The predicted octanol–water partition coefficient (Wildman–Crippen LogP) is 0.600. The molecule has 0 saturated carbocycles. The van der Waals surface area contributed by atoms with Gasteiger partial charge in [0.2, 0.25) is 5.91 Å². The molecule has 88 valence electrons. The highest BCUT2D eigenvalue weighted by atomic mass is 32.1. The average molecular weight is 242 g/mol. The zero-order valence-electron chi connectivity index (χ0n) is 8.90. The Bertz CT molecular complexity index is 351. The summed E-state index contributed by atoms with van der Waals surface area (Å²) < 4.78 is 0. The predicted molar refractivity (Wildman–Crippen MR) is 61.4 cm³/mol. The van der Waals surface area contributed by atoms with Gasteiger partial charge in [-0.05, 0) is 18.5 Å². The van der Waals surface area contributed by atoms with Gasteiger partial charge < -0.3 is 15.7 Å². The summed E-state index contributed by atoms with van der Waals surface area (Å²) in [6.07, 6.45) is 0.269. The van der Waals surface area contributed by atoms with E-state index in [-0.39, 0.29) is 12.3 Å². The third-order valence-electron chi connectivity index (χ3n) is 1.98. The average Bonchev–Trinajstić information content (AvgIpc) is 2.75. The Balaban J connectivity index is 2.59. The molecule has 5 nitrogen and oxygen atoms in total. The van der Waals surface area contributed by atoms with Crippen LogP contribution in [0.4, 0.5) is 0 Å². The fourth-order valence-corrected chi connectivity index (χ4v) is 1.95. The zero-order chi connectivity index (χ0) is 12.0. The van der Waals surface area contributed by atoms with Crippen molar-refractivity contribution in [2.45, 2.75) is 12.5 Å². The molecular formula is C10H14N2O3S. The van der Waals surface area contributed by atoms with Crippen molar-refractivity contribution in [1.82, 2.24) is 10.6 Å². The molecule has 1 aromatic heterocycles. The number of carboxylic acid groups (broad SMARTS) is 1. The summed E-state index contributed by atoms with van der Waals surface area (Å²) in [5, 5.41) is 16.1. The maximum atomic E-state index is 11.4. The smallest absolute Gasteiger partial charge is 0.331 e. The first-order valence-electron chi connectivity index (χ1n) is 4.85. The van der Waals surface area contributed by atoms with E-state index in [4.69, 9.17) is 5.11 Å². The van der Waals surface area contributed by atoms with E-state index < -0.39 is 12.0 Å². The van der Waals surface area contributed by atoms with Gasteiger partial charge in [0, 0.05) is 17.8 Å². The molecule has 0 spiro atoms. The minimum Gasteiger partial charge on any atom is -0.479 e. The van der Waals surface area contributed by atoms with Crippen molar-refractivity contribution < 1.29 is 14.7 Å². The first-order chi connectivity index (χ1) is 7.65. The lowest BCUT2D eigenvalue weighted by Gasteiger charge is -2.12. The highest BCUT2D eigenvalue weighted by molar-refractivity contribution is 7.10. The molecule has 0 saturated heterocycles. The topological polar surface area (TPSA) is 78.4 Å². The largest absolute Gasteiger partial charge is 0.479 e. The van der Waals surface area contributed by atoms with Crippen LogP contribution in [-0.2, 0) is 9.59 Å². The highest BCUT2D eigenvalue weighted by Gasteiger charge is 2.22. The molecule has 0 aliphatic carbocycles. The monoisotopic (exact) mass is 242 g/mol. The van der Waals surface area contributed by atoms with Crippen LogP contribution >= 0.6 is 11.3 Å². The second-order valence-electron chi connectivity index (χ2n) is 3.21. The molecule has 1 aromatic rings. The Hall–Kier alpha value is -1.40. The molecule has 0 radical (unpaired) electrons. The number of rotatable bonds is 6. The molecule has 0 aliphatic heterocycles. The Morgan fingerprint density at radius 3 is 2.81 bits per heavy atom. The Kier molecular flexibility index (Phi) is 4.94. The number of carbonyl (C=O) groups is 2. The molecule has 16 heavy (non-hydrogen) atoms. The third-order valence-corrected chi connectivity index (χ3v) is 2.92. The van der Waals surface area contributed by atoms with E-state index in [1.165, 1.54) is 11.3 Å². The molecule has 6 heteroatoms. The van der Waals surface area contributed by atoms with Crippen LogP contribution in [-0.4, -0.2) is 30.6 Å². The van der Waals surface area contributed by atoms with Gasteiger partial charge in [-0.25, -0.2) is 4.79 Å². The van der Waals surface area contributed by atoms with Crippen LogP contribution in [0.3, 0.4) is 0 Å². The maximum absolute atomic E-state index is 11.4. The molecular weight excluding hydrogens is 228 g/mol. The standard InChI is InChI=1S/C10H14N2O3S/c1-11-5-4-8(13)12-9(10(14)15)7-3-2-6-16-7/h2-3,6,9,11H,4-5H2,1H3,(H,12,13)(H,14,15). The minimum atomic E-state index is -1.04. The maximum Gasteiger partial charge on any atom is 0.331 e. The number of aliphatic carboxylic acids is 1. The molecule has 3 N–H and O–H groups in total. The minimum absolute atomic E-state index is 0.268. The number of nitrogens with one attached hydrogen (secondary N) is 2. The van der Waals surface area contributed by atoms with Crippen molar-refractivity contribution in [2.75, 3.05) is 13.6 Å². The van der Waals surface area contributed by atoms with Crippen molar-refractivity contribution in [1.29, 1.82) is 0 Å². The van der Waals surface area contributed by atoms with Crippen LogP contribution in [0.2, 0.25) is 0 Å². The quantitative estimate of drug-likeness (QED) is 0.682. The van der Waals surface area contributed by atoms with Gasteiger partial charge in [0.15, 0.2) is 6.04 Å². The van der Waals surface area contributed by atoms with E-state index in [1.54, 1.807) is 24.6 Å². The van der Waals surface area contributed by atoms with Gasteiger partial charge in [0.1, 0.15) is 0 Å². The first-order valence-corrected chi connectivity index (χ1v) is 5.73. The number of amides is 1. The Morgan fingerprint density at radius 2 is 2.31 bits per heavy atom. The first kappa shape index (κ1) is 12.7. The van der Waals surface area contributed by atoms with Gasteiger partial charge in [-0.2, -0.15) is 0 Å². The van der Waals surface area contributed by atoms with Gasteiger partial charge >= 0.3 is 5.97 Å². The van der Waals surface area contributed by atoms with Crippen LogP contribution in [0, 0.1) is 0 Å². The Labute approximate surface area is 97.5 Å². The second-order valence-corrected chi connectivity index (χ2v) is 4.19. The number of hydrogen-bond acceptors (Lipinski definition) is 4. The Morgan fingerprint density at radius 1 is 1.56 bits per heavy atom. The molecule has 1 unspecified atom stereocenters. The second kappa shape index (κ2) is 6.24. The fraction of sp³-hybridized carbons (Fsp3) is 0.400. The number of carbonyl (C=O) groups excluding carboxylic acids is 1. The molecule has 0 aliphatic rings. The number of hydrogen-bond donors (Lipinski definition) is 3. The fourth-order valence-electron chi connectivity index (χ4n) is 1.18. The summed E-state index contributed by atoms with van der Waals surface area (Å²) in [6.45, 7) is 0.530. The van der Waals surface area contributed by atoms with Gasteiger partial charge in [-0.15, -0.1) is 11.3 Å². The van der Waals surface area contributed by atoms with E-state index >= 15 is 0 Å². The van der Waals surface area contributed by atoms with Gasteiger partial charge in [0.25, 0.3) is 0 Å². The van der Waals surface area contributed by atoms with Crippen molar-refractivity contribution in [3.05, 3.63) is 22.4 Å². The van der Waals surface area contributed by atoms with E-state index in [9.17, 15) is 9.59 Å². The SMILES string of the molecule is CNCCC(=O)NC(C(=O)O)c1cccs1. The van der Waals surface area contributed by atoms with Crippen molar-refractivity contribution in [3.63, 3.8) is 0 Å². The summed E-state index contributed by atoms with van der Waals surface area (Å²) in [5.74, 6) is -1.31. The van der Waals surface area contributed by atoms with Gasteiger partial charge in [0.05, 0.1) is 0 Å². The molecule has 1 rings (SSSR count). The summed E-state index contributed by atoms with van der Waals surface area (Å²) in [5.41, 5.74) is 0. The normalized spacial score (nSPS) is 12.1. The number of thiophene rings is 1. The lowest BCUT2D eigenvalue weighted by atomic mass is 10.2. The van der Waals surface area contributed by atoms with Crippen molar-refractivity contribution in [2.24, 2.45) is 0 Å². The summed E-state index contributed by atoms with van der Waals surface area (Å²) >= 11 is 1.31. The van der Waals surface area contributed by atoms with E-state index in [0.29, 0.717) is 11.4 Å². The summed E-state index contributed by atoms with van der Waals surface area (Å²) in [4.78, 5) is 23.0. The summed E-state index contributed by atoms with van der Waals surface area (Å²) in [6, 6.07) is 2.52. The van der Waals surface area contributed by atoms with Gasteiger partial charge in [-0.3, -0.25) is 4.79 Å². The lowest BCUT2D eigenvalue weighted by molar-refractivity contribution is -0.141. The van der Waals surface area contributed by atoms with Crippen LogP contribution < -0.4 is 10.6 Å². The molecule has 1 heterocycles. The highest BCUT2D eigenvalue weighted by Crippen LogP contribution is 2.19. The summed E-state index contributed by atoms with van der Waals surface area (Å²) in [7, 11) is 1.74. The third kappa shape index (κ3) is 3.63. The molecule has 1 amide bonds. The lowest BCUT2D eigenvalue weighted by Crippen LogP contribution is -2.34. The van der Waals surface area contributed by atoms with Crippen LogP contribution in [0.15, 0.2) is 17.5 Å². The van der Waals surface area contributed by atoms with E-state index in [1.807, 2.05) is 0 Å². The van der Waals surface area contributed by atoms with E-state index in [0.717, 1.165) is 0 Å². The van der Waals surface area contributed by atoms with Crippen molar-refractivity contribution in [3.8, 4) is 0 Å². The molecule has 0 bridgehead atoms. The molecule has 0 fully saturated rings. The van der Waals surface area contributed by atoms with Crippen LogP contribution in [0.25, 0.3) is 0 Å². The molecule has 0 aromatic carbocycles. The zero-order valence-corrected chi connectivity index (χ0v) is 9.71. The molecule has 1 atom stereocenters. The van der Waals surface area contributed by atoms with Crippen molar-refractivity contribution >= 4 is 23.2 Å². The van der Waals surface area contributed by atoms with E-state index in [2.05, 4.69) is 10.6 Å².